The van der Waals surface area contributed by atoms with E-state index in [1.165, 1.54) is 0 Å². The molecule has 1 heterocycles. The lowest BCUT2D eigenvalue weighted by Gasteiger charge is -2.11. The SMILES string of the molecule is Cc1ccccc1Nc1nsc(=O)n1-c1ccccc1C. The van der Waals surface area contributed by atoms with Crippen LogP contribution in [0.1, 0.15) is 11.1 Å². The molecule has 5 heteroatoms. The summed E-state index contributed by atoms with van der Waals surface area (Å²) in [7, 11) is 0. The molecule has 0 unspecified atom stereocenters. The van der Waals surface area contributed by atoms with Gasteiger partial charge >= 0.3 is 4.87 Å². The van der Waals surface area contributed by atoms with Crippen molar-refractivity contribution in [2.24, 2.45) is 0 Å². The first kappa shape index (κ1) is 13.6. The highest BCUT2D eigenvalue weighted by atomic mass is 32.1. The van der Waals surface area contributed by atoms with Crippen molar-refractivity contribution in [2.45, 2.75) is 13.8 Å². The largest absolute Gasteiger partial charge is 0.332 e. The molecule has 0 saturated carbocycles. The summed E-state index contributed by atoms with van der Waals surface area (Å²) < 4.78 is 5.87. The number of nitrogens with zero attached hydrogens (tertiary/aromatic N) is 2. The second-order valence-corrected chi connectivity index (χ2v) is 5.55. The summed E-state index contributed by atoms with van der Waals surface area (Å²) in [6.45, 7) is 4.00. The number of hydrogen-bond donors (Lipinski definition) is 1. The van der Waals surface area contributed by atoms with Crippen LogP contribution in [0.2, 0.25) is 0 Å². The molecule has 0 fully saturated rings. The van der Waals surface area contributed by atoms with Gasteiger partial charge in [-0.05, 0) is 37.1 Å². The topological polar surface area (TPSA) is 46.9 Å². The van der Waals surface area contributed by atoms with Crippen molar-refractivity contribution in [2.75, 3.05) is 5.32 Å². The average molecular weight is 297 g/mol. The molecule has 0 aliphatic carbocycles. The molecule has 0 spiro atoms. The summed E-state index contributed by atoms with van der Waals surface area (Å²) in [5, 5.41) is 3.25. The van der Waals surface area contributed by atoms with E-state index in [-0.39, 0.29) is 4.87 Å². The summed E-state index contributed by atoms with van der Waals surface area (Å²) in [5.41, 5.74) is 3.94. The van der Waals surface area contributed by atoms with Gasteiger partial charge in [-0.3, -0.25) is 4.79 Å². The predicted molar refractivity (Wildman–Crippen MR) is 86.9 cm³/mol. The van der Waals surface area contributed by atoms with E-state index >= 15 is 0 Å². The van der Waals surface area contributed by atoms with Crippen molar-refractivity contribution >= 4 is 23.2 Å². The fraction of sp³-hybridized carbons (Fsp3) is 0.125. The third-order valence-electron chi connectivity index (χ3n) is 3.35. The van der Waals surface area contributed by atoms with Crippen LogP contribution in [0.25, 0.3) is 5.69 Å². The van der Waals surface area contributed by atoms with Gasteiger partial charge in [-0.1, -0.05) is 36.4 Å². The number of para-hydroxylation sites is 2. The van der Waals surface area contributed by atoms with E-state index in [4.69, 9.17) is 0 Å². The minimum absolute atomic E-state index is 0.0969. The van der Waals surface area contributed by atoms with Crippen LogP contribution >= 0.6 is 11.5 Å². The average Bonchev–Trinajstić information content (AvgIpc) is 2.83. The zero-order chi connectivity index (χ0) is 14.8. The quantitative estimate of drug-likeness (QED) is 0.802. The minimum Gasteiger partial charge on any atom is -0.324 e. The zero-order valence-corrected chi connectivity index (χ0v) is 12.6. The summed E-state index contributed by atoms with van der Waals surface area (Å²) in [6, 6.07) is 15.7. The Morgan fingerprint density at radius 2 is 1.67 bits per heavy atom. The van der Waals surface area contributed by atoms with Crippen LogP contribution in [0.4, 0.5) is 11.6 Å². The van der Waals surface area contributed by atoms with Gasteiger partial charge in [-0.15, -0.1) is 0 Å². The fourth-order valence-corrected chi connectivity index (χ4v) is 2.75. The molecule has 0 aliphatic rings. The molecule has 106 valence electrons. The van der Waals surface area contributed by atoms with E-state index in [9.17, 15) is 4.79 Å². The van der Waals surface area contributed by atoms with Crippen LogP contribution in [0, 0.1) is 13.8 Å². The number of anilines is 2. The summed E-state index contributed by atoms with van der Waals surface area (Å²) in [5.74, 6) is 0.550. The van der Waals surface area contributed by atoms with Crippen molar-refractivity contribution in [3.63, 3.8) is 0 Å². The van der Waals surface area contributed by atoms with E-state index in [2.05, 4.69) is 9.69 Å². The second-order valence-electron chi connectivity index (χ2n) is 4.83. The molecule has 0 bridgehead atoms. The Bertz CT molecular complexity index is 835. The molecule has 3 aromatic rings. The monoisotopic (exact) mass is 297 g/mol. The molecule has 3 rings (SSSR count). The van der Waals surface area contributed by atoms with Crippen LogP contribution < -0.4 is 10.2 Å². The Hall–Kier alpha value is -2.40. The molecule has 4 nitrogen and oxygen atoms in total. The van der Waals surface area contributed by atoms with Crippen LogP contribution in [-0.4, -0.2) is 8.94 Å². The van der Waals surface area contributed by atoms with E-state index in [0.717, 1.165) is 34.0 Å². The van der Waals surface area contributed by atoms with Crippen molar-refractivity contribution in [3.05, 3.63) is 69.3 Å². The predicted octanol–water partition coefficient (Wildman–Crippen LogP) is 3.65. The first-order valence-corrected chi connectivity index (χ1v) is 7.41. The zero-order valence-electron chi connectivity index (χ0n) is 11.8. The van der Waals surface area contributed by atoms with Gasteiger partial charge in [0.1, 0.15) is 0 Å². The number of rotatable bonds is 3. The number of aromatic nitrogens is 2. The van der Waals surface area contributed by atoms with Crippen LogP contribution in [-0.2, 0) is 0 Å². The molecular weight excluding hydrogens is 282 g/mol. The number of aryl methyl sites for hydroxylation is 2. The van der Waals surface area contributed by atoms with Gasteiger partial charge in [-0.2, -0.15) is 4.37 Å². The van der Waals surface area contributed by atoms with E-state index < -0.39 is 0 Å². The lowest BCUT2D eigenvalue weighted by atomic mass is 10.2. The standard InChI is InChI=1S/C16H15N3OS/c1-11-7-3-5-9-13(11)17-15-18-21-16(20)19(15)14-10-6-4-8-12(14)2/h3-10H,1-2H3,(H,17,18). The summed E-state index contributed by atoms with van der Waals surface area (Å²) in [4.78, 5) is 12.0. The molecule has 0 atom stereocenters. The number of hydrogen-bond acceptors (Lipinski definition) is 4. The highest BCUT2D eigenvalue weighted by molar-refractivity contribution is 7.03. The number of nitrogens with one attached hydrogen (secondary N) is 1. The normalized spacial score (nSPS) is 10.6. The van der Waals surface area contributed by atoms with Crippen molar-refractivity contribution in [1.29, 1.82) is 0 Å². The van der Waals surface area contributed by atoms with Gasteiger partial charge in [0.2, 0.25) is 5.95 Å². The Balaban J connectivity index is 2.09. The molecule has 0 saturated heterocycles. The lowest BCUT2D eigenvalue weighted by molar-refractivity contribution is 1.01. The third-order valence-corrected chi connectivity index (χ3v) is 3.96. The van der Waals surface area contributed by atoms with Gasteiger partial charge < -0.3 is 5.32 Å². The van der Waals surface area contributed by atoms with Gasteiger partial charge in [0, 0.05) is 17.2 Å². The highest BCUT2D eigenvalue weighted by Crippen LogP contribution is 2.22. The molecule has 21 heavy (non-hydrogen) atoms. The smallest absolute Gasteiger partial charge is 0.324 e. The van der Waals surface area contributed by atoms with Crippen LogP contribution in [0.15, 0.2) is 53.3 Å². The second kappa shape index (κ2) is 5.54. The van der Waals surface area contributed by atoms with Crippen LogP contribution in [0.5, 0.6) is 0 Å². The van der Waals surface area contributed by atoms with Crippen molar-refractivity contribution in [1.82, 2.24) is 8.94 Å². The first-order chi connectivity index (χ1) is 10.2. The van der Waals surface area contributed by atoms with Gasteiger partial charge in [0.15, 0.2) is 0 Å². The van der Waals surface area contributed by atoms with Crippen molar-refractivity contribution < 1.29 is 0 Å². The Kier molecular flexibility index (Phi) is 3.58. The first-order valence-electron chi connectivity index (χ1n) is 6.64. The molecule has 2 aromatic carbocycles. The minimum atomic E-state index is -0.0969. The maximum absolute atomic E-state index is 12.1. The maximum Gasteiger partial charge on any atom is 0.332 e. The Morgan fingerprint density at radius 3 is 2.38 bits per heavy atom. The third kappa shape index (κ3) is 2.60. The van der Waals surface area contributed by atoms with Crippen molar-refractivity contribution in [3.8, 4) is 5.69 Å². The van der Waals surface area contributed by atoms with Gasteiger partial charge in [0.25, 0.3) is 0 Å². The fourth-order valence-electron chi connectivity index (χ4n) is 2.19. The highest BCUT2D eigenvalue weighted by Gasteiger charge is 2.13. The Morgan fingerprint density at radius 1 is 1.00 bits per heavy atom. The van der Waals surface area contributed by atoms with Gasteiger partial charge in [-0.25, -0.2) is 4.57 Å². The molecule has 0 aliphatic heterocycles. The van der Waals surface area contributed by atoms with E-state index in [0.29, 0.717) is 5.95 Å². The lowest BCUT2D eigenvalue weighted by Crippen LogP contribution is -2.14. The van der Waals surface area contributed by atoms with Gasteiger partial charge in [0.05, 0.1) is 5.69 Å². The molecule has 0 radical (unpaired) electrons. The number of benzene rings is 2. The molecule has 1 aromatic heterocycles. The van der Waals surface area contributed by atoms with Crippen LogP contribution in [0.3, 0.4) is 0 Å². The summed E-state index contributed by atoms with van der Waals surface area (Å²) in [6.07, 6.45) is 0. The van der Waals surface area contributed by atoms with E-state index in [1.54, 1.807) is 4.57 Å². The maximum atomic E-state index is 12.1. The molecule has 0 amide bonds. The Labute approximate surface area is 126 Å². The van der Waals surface area contributed by atoms with E-state index in [1.807, 2.05) is 62.4 Å². The molecular formula is C16H15N3OS. The molecule has 1 N–H and O–H groups in total. The summed E-state index contributed by atoms with van der Waals surface area (Å²) >= 11 is 0.955.